The van der Waals surface area contributed by atoms with E-state index in [2.05, 4.69) is 25.4 Å². The van der Waals surface area contributed by atoms with E-state index in [9.17, 15) is 0 Å². The Morgan fingerprint density at radius 2 is 1.57 bits per heavy atom. The van der Waals surface area contributed by atoms with Gasteiger partial charge in [-0.15, -0.1) is 6.92 Å². The van der Waals surface area contributed by atoms with Crippen LogP contribution in [0.1, 0.15) is 45.4 Å². The number of fused-ring (bicyclic) bond motifs is 2. The fourth-order valence-corrected chi connectivity index (χ4v) is 3.28. The predicted molar refractivity (Wildman–Crippen MR) is 60.1 cm³/mol. The Morgan fingerprint density at radius 1 is 1.07 bits per heavy atom. The van der Waals surface area contributed by atoms with Gasteiger partial charge in [-0.2, -0.15) is 0 Å². The van der Waals surface area contributed by atoms with E-state index >= 15 is 0 Å². The summed E-state index contributed by atoms with van der Waals surface area (Å²) in [6.45, 7) is 3.05. The topological polar surface area (TPSA) is 0 Å². The normalized spacial score (nSPS) is 31.4. The molecule has 72 valence electrons. The molecule has 2 fully saturated rings. The van der Waals surface area contributed by atoms with Crippen molar-refractivity contribution in [2.75, 3.05) is 0 Å². The molecule has 0 aromatic heterocycles. The molecule has 2 aliphatic rings. The standard InChI is InChI=1S/C12H20B.Li/c1-2-3-10-13-11-6-4-7-12(13)9-5-8-11;/h2-3,10-12H,4-9H2,1H3;/q-1;+1/b3-2+;. The maximum atomic E-state index is 2.48. The molecular weight excluding hydrogens is 162 g/mol. The minimum Gasteiger partial charge on any atom is -0.252 e. The van der Waals surface area contributed by atoms with Gasteiger partial charge >= 0.3 is 18.9 Å². The van der Waals surface area contributed by atoms with Crippen LogP contribution in [0.15, 0.2) is 12.2 Å². The average Bonchev–Trinajstić information content (AvgIpc) is 2.14. The van der Waals surface area contributed by atoms with E-state index in [1.165, 1.54) is 38.5 Å². The molecule has 0 atom stereocenters. The van der Waals surface area contributed by atoms with Crippen molar-refractivity contribution in [1.29, 1.82) is 0 Å². The predicted octanol–water partition coefficient (Wildman–Crippen LogP) is 0.913. The molecule has 2 heterocycles. The van der Waals surface area contributed by atoms with Crippen LogP contribution < -0.4 is 18.9 Å². The summed E-state index contributed by atoms with van der Waals surface area (Å²) in [6, 6.07) is 0. The van der Waals surface area contributed by atoms with Crippen molar-refractivity contribution in [3.8, 4) is 0 Å². The van der Waals surface area contributed by atoms with E-state index in [4.69, 9.17) is 0 Å². The third-order valence-corrected chi connectivity index (χ3v) is 3.91. The van der Waals surface area contributed by atoms with Crippen LogP contribution in [0.5, 0.6) is 0 Å². The SMILES string of the molecule is C/C=C/[CH-]B1C2CCCC1CCC2.[Li+]. The van der Waals surface area contributed by atoms with Crippen LogP contribution >= 0.6 is 0 Å². The molecule has 0 aliphatic carbocycles. The molecule has 2 aliphatic heterocycles. The van der Waals surface area contributed by atoms with Gasteiger partial charge in [0.05, 0.1) is 6.71 Å². The zero-order chi connectivity index (χ0) is 9.10. The third-order valence-electron chi connectivity index (χ3n) is 3.91. The minimum absolute atomic E-state index is 0. The largest absolute Gasteiger partial charge is 1.00 e. The van der Waals surface area contributed by atoms with Crippen molar-refractivity contribution in [3.05, 3.63) is 18.5 Å². The Balaban J connectivity index is 0.000000980. The Bertz CT molecular complexity index is 169. The minimum atomic E-state index is 0. The van der Waals surface area contributed by atoms with E-state index in [1.54, 1.807) is 0 Å². The molecule has 2 heteroatoms. The Kier molecular flexibility index (Phi) is 5.28. The Labute approximate surface area is 101 Å². The van der Waals surface area contributed by atoms with Gasteiger partial charge in [0.15, 0.2) is 0 Å². The molecular formula is C12H20BLi. The molecule has 0 unspecified atom stereocenters. The molecule has 2 bridgehead atoms. The number of hydrogen-bond acceptors (Lipinski definition) is 0. The van der Waals surface area contributed by atoms with Gasteiger partial charge in [0.25, 0.3) is 0 Å². The van der Waals surface area contributed by atoms with E-state index in [0.717, 1.165) is 18.3 Å². The number of allylic oxidation sites excluding steroid dienone is 2. The van der Waals surface area contributed by atoms with Crippen molar-refractivity contribution in [2.45, 2.75) is 57.1 Å². The molecule has 0 radical (unpaired) electrons. The van der Waals surface area contributed by atoms with Crippen LogP contribution in [0.25, 0.3) is 0 Å². The maximum absolute atomic E-state index is 2.48. The second-order valence-electron chi connectivity index (χ2n) is 4.68. The van der Waals surface area contributed by atoms with Gasteiger partial charge in [-0.05, 0) is 0 Å². The second-order valence-corrected chi connectivity index (χ2v) is 4.68. The molecule has 0 aromatic carbocycles. The summed E-state index contributed by atoms with van der Waals surface area (Å²) in [5, 5.41) is 0. The van der Waals surface area contributed by atoms with Crippen LogP contribution in [0.3, 0.4) is 0 Å². The van der Waals surface area contributed by atoms with Crippen molar-refractivity contribution in [2.24, 2.45) is 0 Å². The van der Waals surface area contributed by atoms with Gasteiger partial charge in [0.1, 0.15) is 0 Å². The Hall–Kier alpha value is 0.272. The second kappa shape index (κ2) is 5.99. The summed E-state index contributed by atoms with van der Waals surface area (Å²) < 4.78 is 0. The zero-order valence-corrected chi connectivity index (χ0v) is 9.71. The van der Waals surface area contributed by atoms with Gasteiger partial charge in [0.2, 0.25) is 0 Å². The molecule has 14 heavy (non-hydrogen) atoms. The fraction of sp³-hybridized carbons (Fsp3) is 0.750. The summed E-state index contributed by atoms with van der Waals surface area (Å²) >= 11 is 0. The zero-order valence-electron chi connectivity index (χ0n) is 9.71. The molecule has 0 spiro atoms. The summed E-state index contributed by atoms with van der Waals surface area (Å²) in [4.78, 5) is 0. The first-order valence-electron chi connectivity index (χ1n) is 5.88. The Morgan fingerprint density at radius 3 is 2.00 bits per heavy atom. The van der Waals surface area contributed by atoms with Crippen LogP contribution in [0.2, 0.25) is 11.6 Å². The average molecular weight is 182 g/mol. The molecule has 2 saturated heterocycles. The first-order chi connectivity index (χ1) is 6.42. The molecule has 0 amide bonds. The summed E-state index contributed by atoms with van der Waals surface area (Å²) in [7, 11) is 0. The van der Waals surface area contributed by atoms with Gasteiger partial charge in [-0.3, -0.25) is 6.32 Å². The number of rotatable bonds is 2. The molecule has 0 aromatic rings. The maximum Gasteiger partial charge on any atom is 1.00 e. The summed E-state index contributed by atoms with van der Waals surface area (Å²) in [6.07, 6.45) is 15.9. The van der Waals surface area contributed by atoms with Crippen LogP contribution in [0, 0.1) is 6.32 Å². The molecule has 0 nitrogen and oxygen atoms in total. The quantitative estimate of drug-likeness (QED) is 0.440. The van der Waals surface area contributed by atoms with Gasteiger partial charge in [0, 0.05) is 0 Å². The smallest absolute Gasteiger partial charge is 0.252 e. The van der Waals surface area contributed by atoms with E-state index in [0.29, 0.717) is 0 Å². The van der Waals surface area contributed by atoms with Crippen molar-refractivity contribution < 1.29 is 18.9 Å². The molecule has 0 N–H and O–H groups in total. The van der Waals surface area contributed by atoms with Crippen LogP contribution in [0.4, 0.5) is 0 Å². The van der Waals surface area contributed by atoms with E-state index < -0.39 is 0 Å². The molecule has 2 rings (SSSR count). The first-order valence-corrected chi connectivity index (χ1v) is 5.88. The number of hydrogen-bond donors (Lipinski definition) is 0. The fourth-order valence-electron chi connectivity index (χ4n) is 3.28. The van der Waals surface area contributed by atoms with E-state index in [-0.39, 0.29) is 18.9 Å². The van der Waals surface area contributed by atoms with Gasteiger partial charge < -0.3 is 0 Å². The summed E-state index contributed by atoms with van der Waals surface area (Å²) in [5.74, 6) is 2.06. The van der Waals surface area contributed by atoms with Gasteiger partial charge in [-0.1, -0.05) is 50.2 Å². The third kappa shape index (κ3) is 2.65. The van der Waals surface area contributed by atoms with Crippen molar-refractivity contribution in [3.63, 3.8) is 0 Å². The summed E-state index contributed by atoms with van der Waals surface area (Å²) in [5.41, 5.74) is 0. The first kappa shape index (κ1) is 12.3. The van der Waals surface area contributed by atoms with Crippen LogP contribution in [-0.2, 0) is 0 Å². The molecule has 0 saturated carbocycles. The van der Waals surface area contributed by atoms with Crippen LogP contribution in [-0.4, -0.2) is 6.71 Å². The van der Waals surface area contributed by atoms with E-state index in [1.807, 2.05) is 0 Å². The van der Waals surface area contributed by atoms with Crippen molar-refractivity contribution >= 4 is 6.71 Å². The van der Waals surface area contributed by atoms with Crippen molar-refractivity contribution in [1.82, 2.24) is 0 Å². The monoisotopic (exact) mass is 182 g/mol. The van der Waals surface area contributed by atoms with Gasteiger partial charge in [-0.25, -0.2) is 12.2 Å².